The molecule has 106 valence electrons. The lowest BCUT2D eigenvalue weighted by Crippen LogP contribution is -2.43. The Balaban J connectivity index is 2.47. The lowest BCUT2D eigenvalue weighted by molar-refractivity contribution is -0.118. The molecular formula is C11H16N2O6. The summed E-state index contributed by atoms with van der Waals surface area (Å²) < 4.78 is 6.37. The lowest BCUT2D eigenvalue weighted by Gasteiger charge is -2.24. The highest BCUT2D eigenvalue weighted by atomic mass is 16.6. The van der Waals surface area contributed by atoms with Crippen molar-refractivity contribution in [2.75, 3.05) is 6.61 Å². The second-order valence-electron chi connectivity index (χ2n) is 4.89. The number of H-pyrrole nitrogens is 1. The van der Waals surface area contributed by atoms with Crippen molar-refractivity contribution < 1.29 is 20.1 Å². The van der Waals surface area contributed by atoms with Crippen molar-refractivity contribution in [3.8, 4) is 0 Å². The average molecular weight is 272 g/mol. The highest BCUT2D eigenvalue weighted by molar-refractivity contribution is 5.04. The van der Waals surface area contributed by atoms with Crippen molar-refractivity contribution in [3.63, 3.8) is 0 Å². The van der Waals surface area contributed by atoms with Gasteiger partial charge in [0.1, 0.15) is 17.8 Å². The molecule has 1 aromatic rings. The number of ether oxygens (including phenoxy) is 1. The van der Waals surface area contributed by atoms with E-state index >= 15 is 0 Å². The number of aromatic nitrogens is 2. The number of nitrogens with one attached hydrogen (secondary N) is 1. The fraction of sp³-hybridized carbons (Fsp3) is 0.636. The minimum absolute atomic E-state index is 0.266. The molecule has 2 heterocycles. The van der Waals surface area contributed by atoms with Crippen molar-refractivity contribution in [2.24, 2.45) is 0 Å². The molecule has 1 aromatic heterocycles. The molecule has 1 aliphatic heterocycles. The second kappa shape index (κ2) is 4.57. The van der Waals surface area contributed by atoms with Crippen LogP contribution in [-0.4, -0.2) is 49.3 Å². The second-order valence-corrected chi connectivity index (χ2v) is 4.89. The lowest BCUT2D eigenvalue weighted by atomic mass is 9.99. The zero-order valence-corrected chi connectivity index (χ0v) is 10.5. The Morgan fingerprint density at radius 3 is 2.63 bits per heavy atom. The molecule has 0 spiro atoms. The van der Waals surface area contributed by atoms with E-state index in [1.54, 1.807) is 0 Å². The molecule has 0 bridgehead atoms. The number of rotatable bonds is 2. The van der Waals surface area contributed by atoms with Gasteiger partial charge in [-0.15, -0.1) is 0 Å². The summed E-state index contributed by atoms with van der Waals surface area (Å²) in [7, 11) is 0. The number of hydrogen-bond donors (Lipinski definition) is 4. The van der Waals surface area contributed by atoms with E-state index in [1.165, 1.54) is 20.0 Å². The molecule has 2 unspecified atom stereocenters. The number of aliphatic hydroxyl groups excluding tert-OH is 3. The third-order valence-electron chi connectivity index (χ3n) is 3.37. The summed E-state index contributed by atoms with van der Waals surface area (Å²) in [5.74, 6) is 0. The van der Waals surface area contributed by atoms with Crippen LogP contribution >= 0.6 is 0 Å². The van der Waals surface area contributed by atoms with E-state index in [2.05, 4.69) is 4.98 Å². The quantitative estimate of drug-likeness (QED) is 0.486. The highest BCUT2D eigenvalue weighted by Gasteiger charge is 2.51. The highest BCUT2D eigenvalue weighted by Crippen LogP contribution is 2.35. The van der Waals surface area contributed by atoms with Gasteiger partial charge in [-0.3, -0.25) is 14.3 Å². The first-order valence-electron chi connectivity index (χ1n) is 5.77. The van der Waals surface area contributed by atoms with E-state index in [4.69, 9.17) is 4.74 Å². The van der Waals surface area contributed by atoms with Crippen molar-refractivity contribution >= 4 is 0 Å². The Hall–Kier alpha value is -1.48. The summed E-state index contributed by atoms with van der Waals surface area (Å²) in [6, 6.07) is 0. The van der Waals surface area contributed by atoms with E-state index < -0.39 is 41.9 Å². The molecular weight excluding hydrogens is 256 g/mol. The summed E-state index contributed by atoms with van der Waals surface area (Å²) in [6.07, 6.45) is -2.66. The van der Waals surface area contributed by atoms with E-state index in [1.807, 2.05) is 0 Å². The Labute approximate surface area is 107 Å². The van der Waals surface area contributed by atoms with Crippen LogP contribution < -0.4 is 11.2 Å². The van der Waals surface area contributed by atoms with Crippen LogP contribution in [0.25, 0.3) is 0 Å². The van der Waals surface area contributed by atoms with Crippen LogP contribution in [-0.2, 0) is 4.74 Å². The van der Waals surface area contributed by atoms with Gasteiger partial charge in [-0.1, -0.05) is 0 Å². The zero-order chi connectivity index (χ0) is 14.4. The topological polar surface area (TPSA) is 125 Å². The third kappa shape index (κ3) is 2.12. The van der Waals surface area contributed by atoms with Gasteiger partial charge in [-0.05, 0) is 13.8 Å². The SMILES string of the molecule is Cc1cn([C@@H]2O[C@](C)(CO)C(O)C2O)c(=O)[nH]c1=O. The minimum atomic E-state index is -1.39. The van der Waals surface area contributed by atoms with Crippen molar-refractivity contribution in [1.82, 2.24) is 9.55 Å². The summed E-state index contributed by atoms with van der Waals surface area (Å²) in [6.45, 7) is 2.40. The monoisotopic (exact) mass is 272 g/mol. The molecule has 1 aliphatic rings. The fourth-order valence-corrected chi connectivity index (χ4v) is 2.06. The summed E-state index contributed by atoms with van der Waals surface area (Å²) >= 11 is 0. The predicted octanol–water partition coefficient (Wildman–Crippen LogP) is -2.15. The third-order valence-corrected chi connectivity index (χ3v) is 3.37. The summed E-state index contributed by atoms with van der Waals surface area (Å²) in [5.41, 5.74) is -2.39. The summed E-state index contributed by atoms with van der Waals surface area (Å²) in [5, 5.41) is 29.0. The van der Waals surface area contributed by atoms with Crippen LogP contribution in [0.15, 0.2) is 15.8 Å². The van der Waals surface area contributed by atoms with Crippen LogP contribution in [0.3, 0.4) is 0 Å². The van der Waals surface area contributed by atoms with Crippen molar-refractivity contribution in [2.45, 2.75) is 37.9 Å². The molecule has 1 saturated heterocycles. The Morgan fingerprint density at radius 2 is 2.11 bits per heavy atom. The minimum Gasteiger partial charge on any atom is -0.393 e. The first kappa shape index (κ1) is 13.9. The first-order valence-corrected chi connectivity index (χ1v) is 5.77. The van der Waals surface area contributed by atoms with Gasteiger partial charge in [0.25, 0.3) is 5.56 Å². The van der Waals surface area contributed by atoms with Crippen LogP contribution in [0, 0.1) is 6.92 Å². The Morgan fingerprint density at radius 1 is 1.47 bits per heavy atom. The molecule has 0 amide bonds. The number of hydrogen-bond acceptors (Lipinski definition) is 6. The molecule has 0 radical (unpaired) electrons. The van der Waals surface area contributed by atoms with E-state index in [9.17, 15) is 24.9 Å². The van der Waals surface area contributed by atoms with Crippen LogP contribution in [0.2, 0.25) is 0 Å². The molecule has 19 heavy (non-hydrogen) atoms. The molecule has 8 heteroatoms. The standard InChI is InChI=1S/C11H16N2O6/c1-5-3-13(10(18)12-8(5)17)9-6(15)7(16)11(2,4-14)19-9/h3,6-7,9,14-16H,4H2,1-2H3,(H,12,17,18)/t6?,7?,9-,11-/m1/s1. The van der Waals surface area contributed by atoms with Gasteiger partial charge >= 0.3 is 5.69 Å². The maximum atomic E-state index is 11.7. The van der Waals surface area contributed by atoms with Crippen molar-refractivity contribution in [3.05, 3.63) is 32.6 Å². The van der Waals surface area contributed by atoms with E-state index in [-0.39, 0.29) is 5.56 Å². The first-order chi connectivity index (χ1) is 8.80. The van der Waals surface area contributed by atoms with Crippen LogP contribution in [0.4, 0.5) is 0 Å². The largest absolute Gasteiger partial charge is 0.393 e. The van der Waals surface area contributed by atoms with Gasteiger partial charge in [0.05, 0.1) is 6.61 Å². The normalized spacial score (nSPS) is 34.7. The summed E-state index contributed by atoms with van der Waals surface area (Å²) in [4.78, 5) is 25.1. The number of nitrogens with zero attached hydrogens (tertiary/aromatic N) is 1. The van der Waals surface area contributed by atoms with Gasteiger partial charge in [-0.25, -0.2) is 4.79 Å². The smallest absolute Gasteiger partial charge is 0.330 e. The van der Waals surface area contributed by atoms with E-state index in [0.717, 1.165) is 4.57 Å². The predicted molar refractivity (Wildman–Crippen MR) is 63.7 cm³/mol. The number of aryl methyl sites for hydroxylation is 1. The molecule has 1 fully saturated rings. The Bertz CT molecular complexity index is 594. The molecule has 4 atom stereocenters. The Kier molecular flexibility index (Phi) is 3.35. The molecule has 2 rings (SSSR count). The van der Waals surface area contributed by atoms with E-state index in [0.29, 0.717) is 0 Å². The van der Waals surface area contributed by atoms with Gasteiger partial charge < -0.3 is 20.1 Å². The van der Waals surface area contributed by atoms with Gasteiger partial charge in [0.2, 0.25) is 0 Å². The number of aromatic amines is 1. The molecule has 0 saturated carbocycles. The van der Waals surface area contributed by atoms with Gasteiger partial charge in [0.15, 0.2) is 6.23 Å². The molecule has 0 aromatic carbocycles. The van der Waals surface area contributed by atoms with Crippen molar-refractivity contribution in [1.29, 1.82) is 0 Å². The van der Waals surface area contributed by atoms with Crippen LogP contribution in [0.5, 0.6) is 0 Å². The molecule has 4 N–H and O–H groups in total. The maximum Gasteiger partial charge on any atom is 0.330 e. The maximum absolute atomic E-state index is 11.7. The average Bonchev–Trinajstić information content (AvgIpc) is 2.59. The van der Waals surface area contributed by atoms with Gasteiger partial charge in [-0.2, -0.15) is 0 Å². The zero-order valence-electron chi connectivity index (χ0n) is 10.5. The van der Waals surface area contributed by atoms with Crippen LogP contribution in [0.1, 0.15) is 18.7 Å². The fourth-order valence-electron chi connectivity index (χ4n) is 2.06. The number of aliphatic hydroxyl groups is 3. The molecule has 0 aliphatic carbocycles. The van der Waals surface area contributed by atoms with Gasteiger partial charge in [0, 0.05) is 11.8 Å². The molecule has 8 nitrogen and oxygen atoms in total.